The second-order valence-corrected chi connectivity index (χ2v) is 5.34. The minimum Gasteiger partial charge on any atom is -0.374 e. The Morgan fingerprint density at radius 2 is 2.33 bits per heavy atom. The number of nitro benzene ring substituents is 1. The number of nitrogens with zero attached hydrogens (tertiary/aromatic N) is 3. The van der Waals surface area contributed by atoms with E-state index in [9.17, 15) is 14.5 Å². The van der Waals surface area contributed by atoms with Crippen molar-refractivity contribution in [3.63, 3.8) is 0 Å². The average molecular weight is 306 g/mol. The summed E-state index contributed by atoms with van der Waals surface area (Å²) >= 11 is 1.52. The first kappa shape index (κ1) is 13.5. The number of imidazole rings is 1. The van der Waals surface area contributed by atoms with Gasteiger partial charge in [-0.2, -0.15) is 0 Å². The van der Waals surface area contributed by atoms with E-state index in [1.54, 1.807) is 0 Å². The number of nitro groups is 1. The van der Waals surface area contributed by atoms with Crippen molar-refractivity contribution in [1.29, 1.82) is 0 Å². The van der Waals surface area contributed by atoms with Gasteiger partial charge in [-0.05, 0) is 19.1 Å². The highest BCUT2D eigenvalue weighted by molar-refractivity contribution is 7.15. The molecule has 0 saturated heterocycles. The van der Waals surface area contributed by atoms with Crippen LogP contribution in [-0.2, 0) is 6.54 Å². The number of nitrogens with one attached hydrogen (secondary N) is 1. The predicted molar refractivity (Wildman–Crippen MR) is 78.2 cm³/mol. The zero-order chi connectivity index (χ0) is 15.0. The van der Waals surface area contributed by atoms with Crippen molar-refractivity contribution in [2.24, 2.45) is 0 Å². The first-order valence-corrected chi connectivity index (χ1v) is 7.03. The molecule has 2 aromatic heterocycles. The van der Waals surface area contributed by atoms with E-state index < -0.39 is 10.7 Å². The van der Waals surface area contributed by atoms with Crippen LogP contribution in [0.3, 0.4) is 0 Å². The number of hydrogen-bond acceptors (Lipinski definition) is 5. The molecule has 0 aliphatic rings. The zero-order valence-corrected chi connectivity index (χ0v) is 11.9. The van der Waals surface area contributed by atoms with Gasteiger partial charge in [-0.1, -0.05) is 0 Å². The van der Waals surface area contributed by atoms with Gasteiger partial charge in [0.1, 0.15) is 11.5 Å². The molecule has 21 heavy (non-hydrogen) atoms. The van der Waals surface area contributed by atoms with Gasteiger partial charge in [0.25, 0.3) is 5.69 Å². The Kier molecular flexibility index (Phi) is 3.30. The molecule has 2 heterocycles. The minimum absolute atomic E-state index is 0.279. The van der Waals surface area contributed by atoms with Crippen molar-refractivity contribution in [1.82, 2.24) is 9.38 Å². The maximum atomic E-state index is 13.1. The summed E-state index contributed by atoms with van der Waals surface area (Å²) in [5, 5.41) is 15.9. The van der Waals surface area contributed by atoms with Gasteiger partial charge in [-0.25, -0.2) is 9.37 Å². The summed E-state index contributed by atoms with van der Waals surface area (Å²) in [6.07, 6.45) is 1.90. The molecular weight excluding hydrogens is 295 g/mol. The number of aromatic nitrogens is 2. The van der Waals surface area contributed by atoms with Crippen molar-refractivity contribution in [2.75, 3.05) is 5.32 Å². The maximum Gasteiger partial charge on any atom is 0.295 e. The van der Waals surface area contributed by atoms with Gasteiger partial charge in [0.15, 0.2) is 4.96 Å². The molecule has 0 bridgehead atoms. The minimum atomic E-state index is -0.631. The van der Waals surface area contributed by atoms with Crippen LogP contribution in [-0.4, -0.2) is 14.3 Å². The predicted octanol–water partition coefficient (Wildman–Crippen LogP) is 3.36. The van der Waals surface area contributed by atoms with Crippen molar-refractivity contribution in [2.45, 2.75) is 13.5 Å². The number of aryl methyl sites for hydroxylation is 1. The van der Waals surface area contributed by atoms with E-state index in [1.165, 1.54) is 23.5 Å². The van der Waals surface area contributed by atoms with Gasteiger partial charge in [0, 0.05) is 11.6 Å². The number of halogens is 1. The monoisotopic (exact) mass is 306 g/mol. The van der Waals surface area contributed by atoms with Crippen LogP contribution in [0.2, 0.25) is 0 Å². The Morgan fingerprint density at radius 3 is 3.10 bits per heavy atom. The molecule has 108 valence electrons. The third-order valence-corrected chi connectivity index (χ3v) is 3.92. The van der Waals surface area contributed by atoms with Crippen LogP contribution in [0, 0.1) is 22.9 Å². The second-order valence-electron chi connectivity index (χ2n) is 4.47. The molecular formula is C13H11FN4O2S. The largest absolute Gasteiger partial charge is 0.374 e. The van der Waals surface area contributed by atoms with Crippen LogP contribution in [0.25, 0.3) is 4.96 Å². The lowest BCUT2D eigenvalue weighted by molar-refractivity contribution is -0.384. The van der Waals surface area contributed by atoms with E-state index >= 15 is 0 Å². The summed E-state index contributed by atoms with van der Waals surface area (Å²) in [6.45, 7) is 2.26. The molecule has 0 radical (unpaired) electrons. The molecule has 1 N–H and O–H groups in total. The fourth-order valence-corrected chi connectivity index (χ4v) is 2.92. The number of anilines is 1. The molecule has 3 aromatic rings. The van der Waals surface area contributed by atoms with Gasteiger partial charge >= 0.3 is 0 Å². The Morgan fingerprint density at radius 1 is 1.52 bits per heavy atom. The van der Waals surface area contributed by atoms with E-state index in [1.807, 2.05) is 22.9 Å². The van der Waals surface area contributed by atoms with Crippen LogP contribution >= 0.6 is 11.3 Å². The molecule has 0 aliphatic heterocycles. The van der Waals surface area contributed by atoms with Crippen LogP contribution < -0.4 is 5.32 Å². The quantitative estimate of drug-likeness (QED) is 0.592. The summed E-state index contributed by atoms with van der Waals surface area (Å²) in [7, 11) is 0. The van der Waals surface area contributed by atoms with E-state index in [0.29, 0.717) is 6.54 Å². The number of hydrogen-bond donors (Lipinski definition) is 1. The summed E-state index contributed by atoms with van der Waals surface area (Å²) in [4.78, 5) is 15.6. The highest BCUT2D eigenvalue weighted by atomic mass is 32.1. The molecule has 0 atom stereocenters. The Bertz CT molecular complexity index is 827. The van der Waals surface area contributed by atoms with Crippen LogP contribution in [0.5, 0.6) is 0 Å². The lowest BCUT2D eigenvalue weighted by Gasteiger charge is -2.07. The van der Waals surface area contributed by atoms with Gasteiger partial charge < -0.3 is 5.32 Å². The maximum absolute atomic E-state index is 13.1. The van der Waals surface area contributed by atoms with Crippen molar-refractivity contribution in [3.8, 4) is 0 Å². The number of thiazole rings is 1. The Hall–Kier alpha value is -2.48. The summed E-state index contributed by atoms with van der Waals surface area (Å²) in [5.74, 6) is -0.631. The SMILES string of the molecule is Cc1nc2sccn2c1CNc1ccc(F)cc1[N+](=O)[O-]. The van der Waals surface area contributed by atoms with Crippen LogP contribution in [0.1, 0.15) is 11.4 Å². The summed E-state index contributed by atoms with van der Waals surface area (Å²) in [6, 6.07) is 3.47. The fraction of sp³-hybridized carbons (Fsp3) is 0.154. The van der Waals surface area contributed by atoms with Crippen LogP contribution in [0.15, 0.2) is 29.8 Å². The number of fused-ring (bicyclic) bond motifs is 1. The van der Waals surface area contributed by atoms with Gasteiger partial charge in [-0.3, -0.25) is 14.5 Å². The lowest BCUT2D eigenvalue weighted by atomic mass is 10.2. The van der Waals surface area contributed by atoms with E-state index in [4.69, 9.17) is 0 Å². The van der Waals surface area contributed by atoms with E-state index in [2.05, 4.69) is 10.3 Å². The van der Waals surface area contributed by atoms with E-state index in [-0.39, 0.29) is 11.4 Å². The molecule has 3 rings (SSSR count). The summed E-state index contributed by atoms with van der Waals surface area (Å²) < 4.78 is 15.0. The number of benzene rings is 1. The molecule has 0 saturated carbocycles. The molecule has 6 nitrogen and oxygen atoms in total. The highest BCUT2D eigenvalue weighted by Gasteiger charge is 2.16. The summed E-state index contributed by atoms with van der Waals surface area (Å²) in [5.41, 5.74) is 1.79. The molecule has 1 aromatic carbocycles. The van der Waals surface area contributed by atoms with Crippen molar-refractivity contribution >= 4 is 27.7 Å². The standard InChI is InChI=1S/C13H11FN4O2S/c1-8-12(17-4-5-21-13(17)16-8)7-15-10-3-2-9(14)6-11(10)18(19)20/h2-6,15H,7H2,1H3. The van der Waals surface area contributed by atoms with Gasteiger partial charge in [0.2, 0.25) is 0 Å². The molecule has 8 heteroatoms. The third kappa shape index (κ3) is 2.45. The Labute approximate surface area is 123 Å². The average Bonchev–Trinajstić information content (AvgIpc) is 2.98. The zero-order valence-electron chi connectivity index (χ0n) is 11.0. The first-order chi connectivity index (χ1) is 10.1. The first-order valence-electron chi connectivity index (χ1n) is 6.15. The highest BCUT2D eigenvalue weighted by Crippen LogP contribution is 2.26. The van der Waals surface area contributed by atoms with Crippen molar-refractivity contribution < 1.29 is 9.31 Å². The van der Waals surface area contributed by atoms with Crippen LogP contribution in [0.4, 0.5) is 15.8 Å². The topological polar surface area (TPSA) is 72.5 Å². The molecule has 0 aliphatic carbocycles. The van der Waals surface area contributed by atoms with Gasteiger partial charge in [-0.15, -0.1) is 11.3 Å². The van der Waals surface area contributed by atoms with Crippen molar-refractivity contribution in [3.05, 3.63) is 57.1 Å². The second kappa shape index (κ2) is 5.13. The lowest BCUT2D eigenvalue weighted by Crippen LogP contribution is -2.05. The Balaban J connectivity index is 1.90. The fourth-order valence-electron chi connectivity index (χ4n) is 2.14. The smallest absolute Gasteiger partial charge is 0.295 e. The normalized spacial score (nSPS) is 11.0. The van der Waals surface area contributed by atoms with Gasteiger partial charge in [0.05, 0.1) is 28.9 Å². The molecule has 0 spiro atoms. The third-order valence-electron chi connectivity index (χ3n) is 3.16. The van der Waals surface area contributed by atoms with E-state index in [0.717, 1.165) is 22.4 Å². The molecule has 0 unspecified atom stereocenters. The number of rotatable bonds is 4. The molecule has 0 fully saturated rings. The molecule has 0 amide bonds.